The van der Waals surface area contributed by atoms with Crippen LogP contribution in [0, 0.1) is 0 Å². The van der Waals surface area contributed by atoms with Crippen molar-refractivity contribution < 1.29 is 28.6 Å². The highest BCUT2D eigenvalue weighted by Gasteiger charge is 2.52. The van der Waals surface area contributed by atoms with Gasteiger partial charge in [-0.1, -0.05) is 0 Å². The molecule has 0 radical (unpaired) electrons. The van der Waals surface area contributed by atoms with E-state index in [-0.39, 0.29) is 12.2 Å². The zero-order valence-corrected chi connectivity index (χ0v) is 19.8. The molecule has 3 heterocycles. The minimum atomic E-state index is -1.89. The lowest BCUT2D eigenvalue weighted by Crippen LogP contribution is -2.69. The highest BCUT2D eigenvalue weighted by atomic mass is 16.5. The second-order valence-electron chi connectivity index (χ2n) is 8.32. The molecule has 0 atom stereocenters. The van der Waals surface area contributed by atoms with Crippen LogP contribution >= 0.6 is 0 Å². The summed E-state index contributed by atoms with van der Waals surface area (Å²) in [5, 5.41) is 9.55. The number of hydrogen-bond acceptors (Lipinski definition) is 8. The molecule has 5 rings (SSSR count). The normalized spacial score (nSPS) is 14.8. The highest BCUT2D eigenvalue weighted by molar-refractivity contribution is 6.21. The first-order valence-electron chi connectivity index (χ1n) is 11.5. The van der Waals surface area contributed by atoms with Crippen LogP contribution in [-0.4, -0.2) is 51.9 Å². The fraction of sp³-hybridized carbons (Fsp3) is 0.192. The van der Waals surface area contributed by atoms with Gasteiger partial charge in [0.2, 0.25) is 0 Å². The lowest BCUT2D eigenvalue weighted by atomic mass is 9.93. The lowest BCUT2D eigenvalue weighted by molar-refractivity contribution is -0.152. The van der Waals surface area contributed by atoms with Crippen LogP contribution in [0.1, 0.15) is 12.8 Å². The van der Waals surface area contributed by atoms with Gasteiger partial charge in [-0.25, -0.2) is 9.48 Å². The molecule has 0 spiro atoms. The van der Waals surface area contributed by atoms with Crippen LogP contribution in [0.4, 0.5) is 4.79 Å². The van der Waals surface area contributed by atoms with Gasteiger partial charge in [0, 0.05) is 31.7 Å². The number of nitrogens with zero attached hydrogens (tertiary/aromatic N) is 3. The van der Waals surface area contributed by atoms with E-state index in [0.717, 1.165) is 16.6 Å². The van der Waals surface area contributed by atoms with E-state index in [1.54, 1.807) is 47.5 Å². The maximum absolute atomic E-state index is 12.6. The summed E-state index contributed by atoms with van der Waals surface area (Å²) in [6.07, 6.45) is 5.59. The summed E-state index contributed by atoms with van der Waals surface area (Å²) in [7, 11) is 1.52. The van der Waals surface area contributed by atoms with E-state index in [0.29, 0.717) is 24.5 Å². The molecule has 4 amide bonds. The number of benzene rings is 2. The molecule has 1 saturated heterocycles. The maximum atomic E-state index is 12.6. The Kier molecular flexibility index (Phi) is 6.52. The van der Waals surface area contributed by atoms with Crippen molar-refractivity contribution in [1.82, 2.24) is 25.4 Å². The fourth-order valence-corrected chi connectivity index (χ4v) is 4.05. The first-order chi connectivity index (χ1) is 18.0. The number of pyridine rings is 1. The van der Waals surface area contributed by atoms with Crippen molar-refractivity contribution in [2.45, 2.75) is 18.4 Å². The average molecular weight is 501 g/mol. The van der Waals surface area contributed by atoms with Crippen LogP contribution in [0.5, 0.6) is 17.2 Å². The number of aromatic nitrogens is 3. The molecule has 1 aliphatic rings. The van der Waals surface area contributed by atoms with Crippen molar-refractivity contribution in [2.75, 3.05) is 13.7 Å². The molecule has 1 aliphatic heterocycles. The third kappa shape index (κ3) is 4.84. The summed E-state index contributed by atoms with van der Waals surface area (Å²) in [5.41, 5.74) is -0.134. The second-order valence-corrected chi connectivity index (χ2v) is 8.32. The van der Waals surface area contributed by atoms with Crippen LogP contribution in [0.3, 0.4) is 0 Å². The van der Waals surface area contributed by atoms with E-state index in [1.165, 1.54) is 7.11 Å². The SMILES string of the molecule is COCCCC1(Oc2ccc(Oc3ccc4c(cnn4-c4cccnc4)c3)cc2)C(=O)NC(=O)NC1=O. The molecule has 2 aromatic heterocycles. The second kappa shape index (κ2) is 10.1. The van der Waals surface area contributed by atoms with Gasteiger partial charge in [-0.3, -0.25) is 25.2 Å². The minimum absolute atomic E-state index is 0.0246. The topological polar surface area (TPSA) is 134 Å². The molecule has 188 valence electrons. The van der Waals surface area contributed by atoms with Crippen LogP contribution < -0.4 is 20.1 Å². The third-order valence-electron chi connectivity index (χ3n) is 5.85. The van der Waals surface area contributed by atoms with Gasteiger partial charge in [-0.2, -0.15) is 5.10 Å². The van der Waals surface area contributed by atoms with Crippen molar-refractivity contribution >= 4 is 28.7 Å². The van der Waals surface area contributed by atoms with Crippen LogP contribution in [0.15, 0.2) is 73.2 Å². The highest BCUT2D eigenvalue weighted by Crippen LogP contribution is 2.30. The number of carbonyl (C=O) groups is 3. The van der Waals surface area contributed by atoms with E-state index < -0.39 is 23.4 Å². The molecule has 1 fully saturated rings. The van der Waals surface area contributed by atoms with Crippen molar-refractivity contribution in [3.05, 3.63) is 73.2 Å². The Balaban J connectivity index is 1.32. The number of methoxy groups -OCH3 is 1. The Morgan fingerprint density at radius 2 is 1.65 bits per heavy atom. The quantitative estimate of drug-likeness (QED) is 0.264. The molecule has 11 nitrogen and oxygen atoms in total. The summed E-state index contributed by atoms with van der Waals surface area (Å²) < 4.78 is 18.7. The zero-order chi connectivity index (χ0) is 25.8. The Bertz CT molecular complexity index is 1430. The van der Waals surface area contributed by atoms with Crippen molar-refractivity contribution in [2.24, 2.45) is 0 Å². The molecule has 0 aliphatic carbocycles. The van der Waals surface area contributed by atoms with E-state index in [9.17, 15) is 14.4 Å². The van der Waals surface area contributed by atoms with Crippen LogP contribution in [-0.2, 0) is 14.3 Å². The minimum Gasteiger partial charge on any atom is -0.467 e. The number of nitrogens with one attached hydrogen (secondary N) is 2. The van der Waals surface area contributed by atoms with Gasteiger partial charge in [0.25, 0.3) is 17.4 Å². The standard InChI is InChI=1S/C26H23N5O6/c1-35-13-3-11-26(23(32)29-25(34)30-24(26)33)37-20-7-5-19(6-8-20)36-21-9-10-22-17(14-21)15-28-31(22)18-4-2-12-27-16-18/h2,4-10,12,14-16H,3,11,13H2,1H3,(H2,29,30,32,33,34). The number of imide groups is 2. The number of hydrogen-bond donors (Lipinski definition) is 2. The molecule has 0 saturated carbocycles. The molecule has 4 aromatic rings. The van der Waals surface area contributed by atoms with E-state index in [4.69, 9.17) is 14.2 Å². The van der Waals surface area contributed by atoms with Crippen molar-refractivity contribution in [3.63, 3.8) is 0 Å². The molecular formula is C26H23N5O6. The number of carbonyl (C=O) groups excluding carboxylic acids is 3. The lowest BCUT2D eigenvalue weighted by Gasteiger charge is -2.34. The monoisotopic (exact) mass is 501 g/mol. The van der Waals surface area contributed by atoms with Crippen LogP contribution in [0.2, 0.25) is 0 Å². The first kappa shape index (κ1) is 23.9. The number of fused-ring (bicyclic) bond motifs is 1. The molecule has 37 heavy (non-hydrogen) atoms. The first-order valence-corrected chi connectivity index (χ1v) is 11.5. The number of amides is 4. The van der Waals surface area contributed by atoms with Gasteiger partial charge in [0.15, 0.2) is 0 Å². The average Bonchev–Trinajstić information content (AvgIpc) is 3.32. The summed E-state index contributed by atoms with van der Waals surface area (Å²) in [4.78, 5) is 41.0. The predicted octanol–water partition coefficient (Wildman–Crippen LogP) is 3.12. The molecule has 0 bridgehead atoms. The van der Waals surface area contributed by atoms with E-state index >= 15 is 0 Å². The molecule has 0 unspecified atom stereocenters. The van der Waals surface area contributed by atoms with Crippen LogP contribution in [0.25, 0.3) is 16.6 Å². The smallest absolute Gasteiger partial charge is 0.328 e. The van der Waals surface area contributed by atoms with Gasteiger partial charge in [-0.05, 0) is 61.0 Å². The largest absolute Gasteiger partial charge is 0.467 e. The molecular weight excluding hydrogens is 478 g/mol. The fourth-order valence-electron chi connectivity index (χ4n) is 4.05. The Hall–Kier alpha value is -4.77. The summed E-state index contributed by atoms with van der Waals surface area (Å²) >= 11 is 0. The van der Waals surface area contributed by atoms with Crippen molar-refractivity contribution in [1.29, 1.82) is 0 Å². The maximum Gasteiger partial charge on any atom is 0.328 e. The summed E-state index contributed by atoms with van der Waals surface area (Å²) in [5.74, 6) is -0.256. The molecule has 2 aromatic carbocycles. The predicted molar refractivity (Wildman–Crippen MR) is 132 cm³/mol. The summed E-state index contributed by atoms with van der Waals surface area (Å²) in [6, 6.07) is 15.0. The van der Waals surface area contributed by atoms with Gasteiger partial charge in [0.05, 0.1) is 23.6 Å². The number of urea groups is 1. The molecule has 11 heteroatoms. The number of ether oxygens (including phenoxy) is 3. The van der Waals surface area contributed by atoms with Gasteiger partial charge in [0.1, 0.15) is 17.2 Å². The Morgan fingerprint density at radius 1 is 0.919 bits per heavy atom. The van der Waals surface area contributed by atoms with Crippen molar-refractivity contribution in [3.8, 4) is 22.9 Å². The van der Waals surface area contributed by atoms with Gasteiger partial charge < -0.3 is 14.2 Å². The third-order valence-corrected chi connectivity index (χ3v) is 5.85. The zero-order valence-electron chi connectivity index (χ0n) is 19.8. The molecule has 2 N–H and O–H groups in total. The number of rotatable bonds is 9. The van der Waals surface area contributed by atoms with E-state index in [2.05, 4.69) is 20.7 Å². The van der Waals surface area contributed by atoms with Gasteiger partial charge in [-0.15, -0.1) is 0 Å². The Labute approximate surface area is 211 Å². The number of barbiturate groups is 1. The Morgan fingerprint density at radius 3 is 2.35 bits per heavy atom. The van der Waals surface area contributed by atoms with E-state index in [1.807, 2.05) is 30.3 Å². The van der Waals surface area contributed by atoms with Gasteiger partial charge >= 0.3 is 6.03 Å². The summed E-state index contributed by atoms with van der Waals surface area (Å²) in [6.45, 7) is 0.317.